The molecule has 1 saturated heterocycles. The van der Waals surface area contributed by atoms with Gasteiger partial charge in [-0.1, -0.05) is 12.1 Å². The van der Waals surface area contributed by atoms with Crippen LogP contribution in [-0.4, -0.2) is 42.0 Å². The highest BCUT2D eigenvalue weighted by atomic mass is 19.1. The van der Waals surface area contributed by atoms with Gasteiger partial charge >= 0.3 is 0 Å². The first-order valence-corrected chi connectivity index (χ1v) is 7.22. The summed E-state index contributed by atoms with van der Waals surface area (Å²) in [5.74, 6) is -0.171. The van der Waals surface area contributed by atoms with Crippen LogP contribution in [0.5, 0.6) is 0 Å². The van der Waals surface area contributed by atoms with E-state index in [9.17, 15) is 4.39 Å². The minimum atomic E-state index is -0.171. The molecule has 0 aromatic heterocycles. The molecule has 0 bridgehead atoms. The minimum absolute atomic E-state index is 0.171. The van der Waals surface area contributed by atoms with Crippen LogP contribution in [0.3, 0.4) is 0 Å². The van der Waals surface area contributed by atoms with E-state index in [1.165, 1.54) is 6.07 Å². The molecule has 0 saturated carbocycles. The molecule has 0 unspecified atom stereocenters. The molecule has 20 heavy (non-hydrogen) atoms. The quantitative estimate of drug-likeness (QED) is 0.846. The fourth-order valence-corrected chi connectivity index (χ4v) is 2.80. The third-order valence-electron chi connectivity index (χ3n) is 4.24. The molecule has 1 heterocycles. The summed E-state index contributed by atoms with van der Waals surface area (Å²) < 4.78 is 13.3. The van der Waals surface area contributed by atoms with Crippen molar-refractivity contribution in [2.45, 2.75) is 32.4 Å². The third kappa shape index (κ3) is 3.56. The molecule has 2 rings (SSSR count). The Labute approximate surface area is 120 Å². The minimum Gasteiger partial charge on any atom is -0.297 e. The molecule has 4 heteroatoms. The van der Waals surface area contributed by atoms with Crippen LogP contribution < -0.4 is 0 Å². The molecule has 0 spiro atoms. The van der Waals surface area contributed by atoms with E-state index in [0.717, 1.165) is 31.7 Å². The van der Waals surface area contributed by atoms with Crippen molar-refractivity contribution in [3.63, 3.8) is 0 Å². The van der Waals surface area contributed by atoms with Crippen molar-refractivity contribution in [3.8, 4) is 6.07 Å². The first kappa shape index (κ1) is 15.0. The first-order valence-electron chi connectivity index (χ1n) is 7.22. The van der Waals surface area contributed by atoms with E-state index in [2.05, 4.69) is 29.7 Å². The van der Waals surface area contributed by atoms with Crippen LogP contribution in [0.1, 0.15) is 31.9 Å². The third-order valence-corrected chi connectivity index (χ3v) is 4.24. The fourth-order valence-electron chi connectivity index (χ4n) is 2.80. The van der Waals surface area contributed by atoms with Crippen molar-refractivity contribution >= 4 is 0 Å². The van der Waals surface area contributed by atoms with Gasteiger partial charge < -0.3 is 0 Å². The summed E-state index contributed by atoms with van der Waals surface area (Å²) in [7, 11) is 0. The zero-order valence-electron chi connectivity index (χ0n) is 12.2. The number of hydrogen-bond donors (Lipinski definition) is 0. The van der Waals surface area contributed by atoms with Crippen LogP contribution in [-0.2, 0) is 0 Å². The van der Waals surface area contributed by atoms with Gasteiger partial charge in [-0.3, -0.25) is 9.80 Å². The van der Waals surface area contributed by atoms with Gasteiger partial charge in [0, 0.05) is 38.3 Å². The van der Waals surface area contributed by atoms with Gasteiger partial charge in [0.05, 0.1) is 12.5 Å². The summed E-state index contributed by atoms with van der Waals surface area (Å²) in [6.07, 6.45) is 0.583. The molecule has 0 radical (unpaired) electrons. The Morgan fingerprint density at radius 1 is 1.20 bits per heavy atom. The Balaban J connectivity index is 1.92. The average Bonchev–Trinajstić information content (AvgIpc) is 2.47. The van der Waals surface area contributed by atoms with Crippen molar-refractivity contribution < 1.29 is 4.39 Å². The number of nitriles is 1. The van der Waals surface area contributed by atoms with Crippen LogP contribution >= 0.6 is 0 Å². The van der Waals surface area contributed by atoms with Crippen molar-refractivity contribution in [2.24, 2.45) is 0 Å². The van der Waals surface area contributed by atoms with Crippen LogP contribution in [0.15, 0.2) is 24.3 Å². The lowest BCUT2D eigenvalue weighted by atomic mass is 10.1. The van der Waals surface area contributed by atoms with Crippen molar-refractivity contribution in [2.75, 3.05) is 26.2 Å². The van der Waals surface area contributed by atoms with Crippen LogP contribution in [0.25, 0.3) is 0 Å². The van der Waals surface area contributed by atoms with E-state index in [0.29, 0.717) is 12.5 Å². The molecule has 1 aliphatic heterocycles. The van der Waals surface area contributed by atoms with Gasteiger partial charge in [-0.25, -0.2) is 4.39 Å². The molecule has 1 aromatic carbocycles. The summed E-state index contributed by atoms with van der Waals surface area (Å²) >= 11 is 0. The van der Waals surface area contributed by atoms with E-state index in [-0.39, 0.29) is 11.9 Å². The second-order valence-corrected chi connectivity index (χ2v) is 5.51. The van der Waals surface area contributed by atoms with E-state index < -0.39 is 0 Å². The topological polar surface area (TPSA) is 30.3 Å². The molecule has 0 N–H and O–H groups in total. The maximum Gasteiger partial charge on any atom is 0.123 e. The smallest absolute Gasteiger partial charge is 0.123 e. The number of piperazine rings is 1. The van der Waals surface area contributed by atoms with Crippen molar-refractivity contribution in [1.29, 1.82) is 5.26 Å². The van der Waals surface area contributed by atoms with Gasteiger partial charge in [0.15, 0.2) is 0 Å². The molecule has 1 aromatic rings. The van der Waals surface area contributed by atoms with Gasteiger partial charge in [-0.2, -0.15) is 5.26 Å². The predicted molar refractivity (Wildman–Crippen MR) is 77.7 cm³/mol. The predicted octanol–water partition coefficient (Wildman–Crippen LogP) is 2.81. The van der Waals surface area contributed by atoms with Gasteiger partial charge in [-0.05, 0) is 31.5 Å². The summed E-state index contributed by atoms with van der Waals surface area (Å²) in [5, 5.41) is 8.76. The van der Waals surface area contributed by atoms with Crippen molar-refractivity contribution in [3.05, 3.63) is 35.6 Å². The van der Waals surface area contributed by atoms with E-state index in [1.807, 2.05) is 6.07 Å². The number of hydrogen-bond acceptors (Lipinski definition) is 3. The molecule has 1 aliphatic rings. The lowest BCUT2D eigenvalue weighted by Crippen LogP contribution is -2.50. The number of benzene rings is 1. The second kappa shape index (κ2) is 6.83. The normalized spacial score (nSPS) is 20.3. The Morgan fingerprint density at radius 2 is 1.85 bits per heavy atom. The lowest BCUT2D eigenvalue weighted by Gasteiger charge is -2.40. The Bertz CT molecular complexity index is 475. The summed E-state index contributed by atoms with van der Waals surface area (Å²) in [4.78, 5) is 4.74. The number of nitrogens with zero attached hydrogens (tertiary/aromatic N) is 3. The Morgan fingerprint density at radius 3 is 2.45 bits per heavy atom. The molecular formula is C16H22FN3. The largest absolute Gasteiger partial charge is 0.297 e. The van der Waals surface area contributed by atoms with Gasteiger partial charge in [0.25, 0.3) is 0 Å². The summed E-state index contributed by atoms with van der Waals surface area (Å²) in [6.45, 7) is 8.12. The standard InChI is InChI=1S/C16H22FN3/c1-13(6-7-18)19-8-10-20(11-9-19)14(2)15-4-3-5-16(17)12-15/h3-5,12-14H,6,8-11H2,1-2H3/t13-,14+/m0/s1. The highest BCUT2D eigenvalue weighted by Crippen LogP contribution is 2.22. The number of halogens is 1. The summed E-state index contributed by atoms with van der Waals surface area (Å²) in [6, 6.07) is 9.65. The Kier molecular flexibility index (Phi) is 5.11. The average molecular weight is 275 g/mol. The zero-order chi connectivity index (χ0) is 14.5. The van der Waals surface area contributed by atoms with E-state index in [4.69, 9.17) is 5.26 Å². The molecule has 3 nitrogen and oxygen atoms in total. The first-order chi connectivity index (χ1) is 9.61. The molecule has 0 amide bonds. The molecule has 0 aliphatic carbocycles. The maximum atomic E-state index is 13.3. The van der Waals surface area contributed by atoms with Gasteiger partial charge in [-0.15, -0.1) is 0 Å². The van der Waals surface area contributed by atoms with Crippen LogP contribution in [0.2, 0.25) is 0 Å². The highest BCUT2D eigenvalue weighted by Gasteiger charge is 2.24. The van der Waals surface area contributed by atoms with Crippen LogP contribution in [0, 0.1) is 17.1 Å². The van der Waals surface area contributed by atoms with Crippen LogP contribution in [0.4, 0.5) is 4.39 Å². The molecular weight excluding hydrogens is 253 g/mol. The fraction of sp³-hybridized carbons (Fsp3) is 0.562. The molecule has 1 fully saturated rings. The zero-order valence-corrected chi connectivity index (χ0v) is 12.2. The molecule has 2 atom stereocenters. The Hall–Kier alpha value is -1.44. The lowest BCUT2D eigenvalue weighted by molar-refractivity contribution is 0.0795. The van der Waals surface area contributed by atoms with E-state index >= 15 is 0 Å². The van der Waals surface area contributed by atoms with Gasteiger partial charge in [0.1, 0.15) is 5.82 Å². The summed E-state index contributed by atoms with van der Waals surface area (Å²) in [5.41, 5.74) is 1.03. The maximum absolute atomic E-state index is 13.3. The number of rotatable bonds is 4. The molecule has 108 valence electrons. The monoisotopic (exact) mass is 275 g/mol. The SMILES string of the molecule is C[C@H](c1cccc(F)c1)N1CCN([C@@H](C)CC#N)CC1. The second-order valence-electron chi connectivity index (χ2n) is 5.51. The van der Waals surface area contributed by atoms with Gasteiger partial charge in [0.2, 0.25) is 0 Å². The highest BCUT2D eigenvalue weighted by molar-refractivity contribution is 5.19. The van der Waals surface area contributed by atoms with E-state index in [1.54, 1.807) is 12.1 Å². The van der Waals surface area contributed by atoms with Crippen molar-refractivity contribution in [1.82, 2.24) is 9.80 Å².